The number of hydrogen-bond acceptors (Lipinski definition) is 4. The highest BCUT2D eigenvalue weighted by Crippen LogP contribution is 2.27. The van der Waals surface area contributed by atoms with Gasteiger partial charge in [0.05, 0.1) is 10.6 Å². The summed E-state index contributed by atoms with van der Waals surface area (Å²) in [5.41, 5.74) is 1.95. The van der Waals surface area contributed by atoms with Gasteiger partial charge in [-0.3, -0.25) is 4.79 Å². The van der Waals surface area contributed by atoms with E-state index in [0.29, 0.717) is 6.54 Å². The molecule has 0 saturated carbocycles. The van der Waals surface area contributed by atoms with Crippen molar-refractivity contribution in [2.75, 3.05) is 11.9 Å². The normalized spacial score (nSPS) is 10.6. The van der Waals surface area contributed by atoms with E-state index in [-0.39, 0.29) is 0 Å². The van der Waals surface area contributed by atoms with Crippen molar-refractivity contribution in [2.24, 2.45) is 0 Å². The van der Waals surface area contributed by atoms with Gasteiger partial charge in [0.1, 0.15) is 0 Å². The van der Waals surface area contributed by atoms with Crippen LogP contribution in [-0.4, -0.2) is 18.3 Å². The molecule has 0 unspecified atom stereocenters. The van der Waals surface area contributed by atoms with Gasteiger partial charge in [-0.25, -0.2) is 4.98 Å². The Hall–Kier alpha value is -1.39. The van der Waals surface area contributed by atoms with Crippen molar-refractivity contribution in [3.8, 4) is 0 Å². The Bertz CT molecular complexity index is 597. The average molecular weight is 309 g/mol. The molecule has 0 fully saturated rings. The second-order valence-electron chi connectivity index (χ2n) is 4.62. The molecule has 20 heavy (non-hydrogen) atoms. The van der Waals surface area contributed by atoms with E-state index in [9.17, 15) is 4.79 Å². The number of thiazole rings is 1. The van der Waals surface area contributed by atoms with Crippen LogP contribution in [0.2, 0.25) is 5.02 Å². The van der Waals surface area contributed by atoms with E-state index in [1.165, 1.54) is 11.3 Å². The molecule has 2 rings (SSSR count). The van der Waals surface area contributed by atoms with Crippen LogP contribution >= 0.6 is 22.9 Å². The van der Waals surface area contributed by atoms with Gasteiger partial charge in [-0.1, -0.05) is 54.5 Å². The Morgan fingerprint density at radius 1 is 1.40 bits per heavy atom. The van der Waals surface area contributed by atoms with Crippen molar-refractivity contribution in [3.05, 3.63) is 45.4 Å². The zero-order chi connectivity index (χ0) is 14.5. The van der Waals surface area contributed by atoms with Crippen LogP contribution in [0, 0.1) is 0 Å². The minimum atomic E-state index is 0.678. The number of carbonyl (C=O) groups excluding carboxylic acids is 1. The van der Waals surface area contributed by atoms with Crippen LogP contribution in [0.4, 0.5) is 5.13 Å². The predicted molar refractivity (Wildman–Crippen MR) is 85.1 cm³/mol. The maximum atomic E-state index is 11.1. The van der Waals surface area contributed by atoms with E-state index in [4.69, 9.17) is 11.6 Å². The molecular formula is C15H17ClN2OS. The van der Waals surface area contributed by atoms with Gasteiger partial charge in [-0.2, -0.15) is 0 Å². The molecule has 2 aromatic rings. The molecule has 0 bridgehead atoms. The van der Waals surface area contributed by atoms with Gasteiger partial charge in [-0.15, -0.1) is 0 Å². The van der Waals surface area contributed by atoms with Crippen molar-refractivity contribution in [2.45, 2.75) is 26.3 Å². The topological polar surface area (TPSA) is 33.2 Å². The van der Waals surface area contributed by atoms with Crippen molar-refractivity contribution < 1.29 is 4.79 Å². The van der Waals surface area contributed by atoms with E-state index < -0.39 is 0 Å². The molecule has 0 amide bonds. The summed E-state index contributed by atoms with van der Waals surface area (Å²) in [6, 6.07) is 7.77. The lowest BCUT2D eigenvalue weighted by molar-refractivity contribution is 0.112. The van der Waals surface area contributed by atoms with Crippen molar-refractivity contribution in [3.63, 3.8) is 0 Å². The molecule has 0 spiro atoms. The maximum absolute atomic E-state index is 11.1. The lowest BCUT2D eigenvalue weighted by Gasteiger charge is -2.16. The maximum Gasteiger partial charge on any atom is 0.186 e. The molecule has 0 aliphatic carbocycles. The summed E-state index contributed by atoms with van der Waals surface area (Å²) < 4.78 is 0. The van der Waals surface area contributed by atoms with Gasteiger partial charge >= 0.3 is 0 Å². The fraction of sp³-hybridized carbons (Fsp3) is 0.333. The molecule has 0 radical (unpaired) electrons. The fourth-order valence-corrected chi connectivity index (χ4v) is 3.05. The number of halogens is 1. The predicted octanol–water partition coefficient (Wildman–Crippen LogP) is 4.20. The summed E-state index contributed by atoms with van der Waals surface area (Å²) in [7, 11) is 1.96. The number of aryl methyl sites for hydroxylation is 1. The summed E-state index contributed by atoms with van der Waals surface area (Å²) >= 11 is 7.61. The van der Waals surface area contributed by atoms with Crippen molar-refractivity contribution >= 4 is 34.4 Å². The van der Waals surface area contributed by atoms with Crippen LogP contribution in [0.25, 0.3) is 0 Å². The highest BCUT2D eigenvalue weighted by Gasteiger charge is 2.14. The molecule has 1 aromatic heterocycles. The standard InChI is InChI=1S/C15H17ClN2OS/c1-3-6-13-14(10-19)20-15(17-13)18(2)9-11-7-4-5-8-12(11)16/h4-5,7-8,10H,3,6,9H2,1-2H3. The first kappa shape index (κ1) is 15.0. The molecule has 0 aliphatic heterocycles. The Morgan fingerprint density at radius 2 is 2.15 bits per heavy atom. The van der Waals surface area contributed by atoms with Crippen LogP contribution in [0.1, 0.15) is 34.3 Å². The first-order valence-corrected chi connectivity index (χ1v) is 7.74. The van der Waals surface area contributed by atoms with Crippen molar-refractivity contribution in [1.29, 1.82) is 0 Å². The van der Waals surface area contributed by atoms with Crippen LogP contribution in [-0.2, 0) is 13.0 Å². The number of rotatable bonds is 6. The van der Waals surface area contributed by atoms with Gasteiger partial charge in [-0.05, 0) is 18.1 Å². The SMILES string of the molecule is CCCc1nc(N(C)Cc2ccccc2Cl)sc1C=O. The zero-order valence-corrected chi connectivity index (χ0v) is 13.2. The second-order valence-corrected chi connectivity index (χ2v) is 6.04. The molecule has 106 valence electrons. The molecule has 0 N–H and O–H groups in total. The minimum absolute atomic E-state index is 0.678. The van der Waals surface area contributed by atoms with Gasteiger partial charge < -0.3 is 4.90 Å². The van der Waals surface area contributed by atoms with E-state index >= 15 is 0 Å². The molecule has 3 nitrogen and oxygen atoms in total. The Kier molecular flexibility index (Phi) is 5.15. The molecular weight excluding hydrogens is 292 g/mol. The number of aldehydes is 1. The summed E-state index contributed by atoms with van der Waals surface area (Å²) in [6.45, 7) is 2.76. The molecule has 0 aliphatic rings. The number of aromatic nitrogens is 1. The highest BCUT2D eigenvalue weighted by molar-refractivity contribution is 7.17. The van der Waals surface area contributed by atoms with Crippen LogP contribution in [0.3, 0.4) is 0 Å². The quantitative estimate of drug-likeness (QED) is 0.750. The lowest BCUT2D eigenvalue weighted by Crippen LogP contribution is -2.16. The van der Waals surface area contributed by atoms with Crippen molar-refractivity contribution in [1.82, 2.24) is 4.98 Å². The number of carbonyl (C=O) groups is 1. The largest absolute Gasteiger partial charge is 0.347 e. The fourth-order valence-electron chi connectivity index (χ4n) is 1.97. The summed E-state index contributed by atoms with van der Waals surface area (Å²) in [4.78, 5) is 18.4. The zero-order valence-electron chi connectivity index (χ0n) is 11.6. The third-order valence-corrected chi connectivity index (χ3v) is 4.51. The lowest BCUT2D eigenvalue weighted by atomic mass is 10.2. The van der Waals surface area contributed by atoms with E-state index in [2.05, 4.69) is 11.9 Å². The Labute approximate surface area is 128 Å². The Balaban J connectivity index is 2.19. The minimum Gasteiger partial charge on any atom is -0.347 e. The monoisotopic (exact) mass is 308 g/mol. The molecule has 0 atom stereocenters. The summed E-state index contributed by atoms with van der Waals surface area (Å²) in [6.07, 6.45) is 2.72. The van der Waals surface area contributed by atoms with Gasteiger partial charge in [0.25, 0.3) is 0 Å². The first-order chi connectivity index (χ1) is 9.65. The molecule has 1 aromatic carbocycles. The molecule has 5 heteroatoms. The smallest absolute Gasteiger partial charge is 0.186 e. The third kappa shape index (κ3) is 3.38. The van der Waals surface area contributed by atoms with Crippen LogP contribution < -0.4 is 4.90 Å². The number of benzene rings is 1. The van der Waals surface area contributed by atoms with E-state index in [0.717, 1.165) is 45.4 Å². The van der Waals surface area contributed by atoms with Gasteiger partial charge in [0.15, 0.2) is 11.4 Å². The number of nitrogens with zero attached hydrogens (tertiary/aromatic N) is 2. The average Bonchev–Trinajstić information content (AvgIpc) is 2.85. The highest BCUT2D eigenvalue weighted by atomic mass is 35.5. The number of hydrogen-bond donors (Lipinski definition) is 0. The van der Waals surface area contributed by atoms with Crippen LogP contribution in [0.5, 0.6) is 0 Å². The second kappa shape index (κ2) is 6.86. The summed E-state index contributed by atoms with van der Waals surface area (Å²) in [5.74, 6) is 0. The van der Waals surface area contributed by atoms with E-state index in [1.54, 1.807) is 0 Å². The summed E-state index contributed by atoms with van der Waals surface area (Å²) in [5, 5.41) is 1.61. The van der Waals surface area contributed by atoms with Crippen LogP contribution in [0.15, 0.2) is 24.3 Å². The molecule has 1 heterocycles. The van der Waals surface area contributed by atoms with E-state index in [1.807, 2.05) is 36.2 Å². The van der Waals surface area contributed by atoms with Gasteiger partial charge in [0, 0.05) is 18.6 Å². The third-order valence-electron chi connectivity index (χ3n) is 3.00. The first-order valence-electron chi connectivity index (χ1n) is 6.55. The van der Waals surface area contributed by atoms with Gasteiger partial charge in [0.2, 0.25) is 0 Å². The molecule has 0 saturated heterocycles. The number of anilines is 1. The Morgan fingerprint density at radius 3 is 2.80 bits per heavy atom.